The van der Waals surface area contributed by atoms with Gasteiger partial charge in [0.15, 0.2) is 0 Å². The van der Waals surface area contributed by atoms with E-state index < -0.39 is 12.1 Å². The summed E-state index contributed by atoms with van der Waals surface area (Å²) >= 11 is 0. The first-order chi connectivity index (χ1) is 15.8. The highest BCUT2D eigenvalue weighted by Crippen LogP contribution is 2.32. The number of aromatic nitrogens is 2. The largest absolute Gasteiger partial charge is 0.490 e. The normalized spacial score (nSPS) is 19.6. The van der Waals surface area contributed by atoms with Crippen LogP contribution in [0.2, 0.25) is 0 Å². The second-order valence-electron chi connectivity index (χ2n) is 8.07. The third-order valence-electron chi connectivity index (χ3n) is 5.82. The van der Waals surface area contributed by atoms with Crippen LogP contribution in [0.25, 0.3) is 0 Å². The molecule has 0 spiro atoms. The van der Waals surface area contributed by atoms with E-state index >= 15 is 0 Å². The summed E-state index contributed by atoms with van der Waals surface area (Å²) in [5.41, 5.74) is 2.71. The molecule has 0 aliphatic carbocycles. The van der Waals surface area contributed by atoms with Crippen LogP contribution in [0, 0.1) is 5.92 Å². The van der Waals surface area contributed by atoms with Crippen LogP contribution >= 0.6 is 0 Å². The number of hydrogen-bond donors (Lipinski definition) is 1. The number of hydrogen-bond acceptors (Lipinski definition) is 6. The second kappa shape index (κ2) is 11.7. The Morgan fingerprint density at radius 2 is 2.06 bits per heavy atom. The van der Waals surface area contributed by atoms with E-state index in [-0.39, 0.29) is 6.04 Å². The SMILES string of the molecule is CCOCC1c2c(cnn2CC2CCOCC2)CCN1Cc1ccco1.O=C(O)C(F)(F)F. The second-order valence-corrected chi connectivity index (χ2v) is 8.07. The van der Waals surface area contributed by atoms with Gasteiger partial charge >= 0.3 is 12.1 Å². The lowest BCUT2D eigenvalue weighted by molar-refractivity contribution is -0.192. The topological polar surface area (TPSA) is 90.0 Å². The minimum absolute atomic E-state index is 0.228. The molecule has 4 heterocycles. The number of carboxylic acid groups (broad SMARTS) is 1. The van der Waals surface area contributed by atoms with E-state index in [0.29, 0.717) is 12.5 Å². The number of ether oxygens (including phenoxy) is 2. The number of rotatable bonds is 7. The molecule has 4 rings (SSSR count). The molecule has 0 bridgehead atoms. The van der Waals surface area contributed by atoms with E-state index in [1.54, 1.807) is 6.26 Å². The summed E-state index contributed by atoms with van der Waals surface area (Å²) in [6.07, 6.45) is 2.02. The molecule has 0 aromatic carbocycles. The Kier molecular flexibility index (Phi) is 8.93. The van der Waals surface area contributed by atoms with Crippen molar-refractivity contribution >= 4 is 5.97 Å². The molecule has 2 aliphatic heterocycles. The lowest BCUT2D eigenvalue weighted by atomic mass is 9.97. The maximum Gasteiger partial charge on any atom is 0.490 e. The summed E-state index contributed by atoms with van der Waals surface area (Å²) in [6.45, 7) is 8.04. The van der Waals surface area contributed by atoms with Crippen molar-refractivity contribution in [2.45, 2.75) is 51.5 Å². The average molecular weight is 473 g/mol. The summed E-state index contributed by atoms with van der Waals surface area (Å²) in [5, 5.41) is 11.9. The van der Waals surface area contributed by atoms with Gasteiger partial charge in [-0.05, 0) is 49.8 Å². The molecule has 2 aromatic rings. The smallest absolute Gasteiger partial charge is 0.475 e. The zero-order chi connectivity index (χ0) is 23.8. The molecule has 2 aromatic heterocycles. The maximum absolute atomic E-state index is 10.6. The lowest BCUT2D eigenvalue weighted by Gasteiger charge is -2.36. The molecule has 1 atom stereocenters. The Morgan fingerprint density at radius 3 is 2.67 bits per heavy atom. The van der Waals surface area contributed by atoms with Gasteiger partial charge in [-0.15, -0.1) is 0 Å². The van der Waals surface area contributed by atoms with Crippen LogP contribution in [0.5, 0.6) is 0 Å². The van der Waals surface area contributed by atoms with E-state index in [1.165, 1.54) is 11.3 Å². The molecule has 2 aliphatic rings. The Morgan fingerprint density at radius 1 is 1.33 bits per heavy atom. The summed E-state index contributed by atoms with van der Waals surface area (Å²) < 4.78 is 50.9. The molecule has 1 N–H and O–H groups in total. The zero-order valence-corrected chi connectivity index (χ0v) is 18.6. The Bertz CT molecular complexity index is 863. The van der Waals surface area contributed by atoms with E-state index in [2.05, 4.69) is 22.7 Å². The van der Waals surface area contributed by atoms with Crippen molar-refractivity contribution in [3.05, 3.63) is 41.6 Å². The third-order valence-corrected chi connectivity index (χ3v) is 5.82. The number of fused-ring (bicyclic) bond motifs is 1. The van der Waals surface area contributed by atoms with Crippen molar-refractivity contribution in [2.24, 2.45) is 5.92 Å². The molecule has 1 unspecified atom stereocenters. The van der Waals surface area contributed by atoms with Crippen molar-refractivity contribution in [1.29, 1.82) is 0 Å². The Labute approximate surface area is 190 Å². The summed E-state index contributed by atoms with van der Waals surface area (Å²) in [5.74, 6) is -1.10. The monoisotopic (exact) mass is 473 g/mol. The van der Waals surface area contributed by atoms with Gasteiger partial charge in [0.25, 0.3) is 0 Å². The van der Waals surface area contributed by atoms with Crippen molar-refractivity contribution in [1.82, 2.24) is 14.7 Å². The first-order valence-corrected chi connectivity index (χ1v) is 11.1. The van der Waals surface area contributed by atoms with Gasteiger partial charge in [0.2, 0.25) is 0 Å². The van der Waals surface area contributed by atoms with Gasteiger partial charge in [-0.1, -0.05) is 0 Å². The van der Waals surface area contributed by atoms with Crippen LogP contribution < -0.4 is 0 Å². The number of halogens is 3. The first-order valence-electron chi connectivity index (χ1n) is 11.1. The number of carbonyl (C=O) groups is 1. The number of nitrogens with zero attached hydrogens (tertiary/aromatic N) is 3. The molecule has 8 nitrogen and oxygen atoms in total. The Balaban J connectivity index is 0.000000383. The minimum atomic E-state index is -5.08. The summed E-state index contributed by atoms with van der Waals surface area (Å²) in [4.78, 5) is 11.4. The number of alkyl halides is 3. The molecule has 0 saturated carbocycles. The van der Waals surface area contributed by atoms with E-state index in [0.717, 1.165) is 64.5 Å². The van der Waals surface area contributed by atoms with Crippen LogP contribution in [-0.2, 0) is 33.8 Å². The molecule has 0 radical (unpaired) electrons. The van der Waals surface area contributed by atoms with Crippen LogP contribution in [0.3, 0.4) is 0 Å². The number of aliphatic carboxylic acids is 1. The molecule has 33 heavy (non-hydrogen) atoms. The molecule has 11 heteroatoms. The van der Waals surface area contributed by atoms with Crippen molar-refractivity contribution in [3.63, 3.8) is 0 Å². The predicted octanol–water partition coefficient (Wildman–Crippen LogP) is 3.67. The standard InChI is InChI=1S/C20H29N3O3.C2HF3O2/c1-2-24-15-19-20-17(5-8-22(19)14-18-4-3-9-26-18)12-21-23(20)13-16-6-10-25-11-7-16;3-2(4,5)1(6)7/h3-4,9,12,16,19H,2,5-8,10-11,13-15H2,1H3;(H,6,7). The van der Waals surface area contributed by atoms with Gasteiger partial charge in [-0.3, -0.25) is 9.58 Å². The molecule has 184 valence electrons. The highest BCUT2D eigenvalue weighted by molar-refractivity contribution is 5.73. The van der Waals surface area contributed by atoms with Crippen LogP contribution in [0.4, 0.5) is 13.2 Å². The van der Waals surface area contributed by atoms with E-state index in [4.69, 9.17) is 28.9 Å². The van der Waals surface area contributed by atoms with Crippen LogP contribution in [0.15, 0.2) is 29.0 Å². The Hall–Kier alpha value is -2.37. The third kappa shape index (κ3) is 7.05. The van der Waals surface area contributed by atoms with Crippen LogP contribution in [0.1, 0.15) is 42.8 Å². The fraction of sp³-hybridized carbons (Fsp3) is 0.636. The first kappa shape index (κ1) is 25.3. The average Bonchev–Trinajstić information content (AvgIpc) is 3.44. The molecule has 1 saturated heterocycles. The number of furan rings is 1. The van der Waals surface area contributed by atoms with Gasteiger partial charge in [0.1, 0.15) is 5.76 Å². The fourth-order valence-electron chi connectivity index (χ4n) is 4.13. The van der Waals surface area contributed by atoms with Crippen molar-refractivity contribution < 1.29 is 37.0 Å². The van der Waals surface area contributed by atoms with Crippen molar-refractivity contribution in [3.8, 4) is 0 Å². The van der Waals surface area contributed by atoms with Gasteiger partial charge in [-0.25, -0.2) is 4.79 Å². The fourth-order valence-corrected chi connectivity index (χ4v) is 4.13. The highest BCUT2D eigenvalue weighted by atomic mass is 19.4. The van der Waals surface area contributed by atoms with E-state index in [1.807, 2.05) is 12.1 Å². The van der Waals surface area contributed by atoms with Gasteiger partial charge in [0.05, 0.1) is 37.3 Å². The summed E-state index contributed by atoms with van der Waals surface area (Å²) in [6, 6.07) is 4.23. The molecular weight excluding hydrogens is 443 g/mol. The molecule has 1 fully saturated rings. The van der Waals surface area contributed by atoms with Gasteiger partial charge < -0.3 is 19.0 Å². The lowest BCUT2D eigenvalue weighted by Crippen LogP contribution is -2.39. The minimum Gasteiger partial charge on any atom is -0.475 e. The van der Waals surface area contributed by atoms with Crippen LogP contribution in [-0.4, -0.2) is 64.9 Å². The molecular formula is C22H30F3N3O5. The quantitative estimate of drug-likeness (QED) is 0.656. The highest BCUT2D eigenvalue weighted by Gasteiger charge is 2.38. The van der Waals surface area contributed by atoms with Crippen molar-refractivity contribution in [2.75, 3.05) is 33.0 Å². The zero-order valence-electron chi connectivity index (χ0n) is 18.6. The number of carboxylic acids is 1. The predicted molar refractivity (Wildman–Crippen MR) is 112 cm³/mol. The van der Waals surface area contributed by atoms with Gasteiger partial charge in [0, 0.05) is 32.9 Å². The van der Waals surface area contributed by atoms with Gasteiger partial charge in [-0.2, -0.15) is 18.3 Å². The summed E-state index contributed by atoms with van der Waals surface area (Å²) in [7, 11) is 0. The molecule has 0 amide bonds. The van der Waals surface area contributed by atoms with E-state index in [9.17, 15) is 13.2 Å². The maximum atomic E-state index is 10.6.